The number of nitrogens with one attached hydrogen (secondary N) is 1. The molecule has 0 aromatic carbocycles. The van der Waals surface area contributed by atoms with E-state index < -0.39 is 5.97 Å². The number of carbonyl (C=O) groups is 3. The summed E-state index contributed by atoms with van der Waals surface area (Å²) in [7, 11) is 1.36. The molecule has 7 heteroatoms. The summed E-state index contributed by atoms with van der Waals surface area (Å²) in [5, 5.41) is 0. The molecule has 0 aliphatic carbocycles. The standard InChI is InChI=1S/C14H18N2O5/c1-20-13(18)10-4-7-16(8-5-10)12(17)9-21-14(19)11-3-2-6-15-11/h2-3,6,10,15H,4-5,7-9H2,1H3. The number of nitrogens with zero attached hydrogens (tertiary/aromatic N) is 1. The van der Waals surface area contributed by atoms with Gasteiger partial charge in [0, 0.05) is 19.3 Å². The zero-order chi connectivity index (χ0) is 15.2. The van der Waals surface area contributed by atoms with Gasteiger partial charge >= 0.3 is 11.9 Å². The summed E-state index contributed by atoms with van der Waals surface area (Å²) in [5.74, 6) is -1.20. The predicted octanol–water partition coefficient (Wildman–Crippen LogP) is 0.583. The zero-order valence-electron chi connectivity index (χ0n) is 11.8. The van der Waals surface area contributed by atoms with Crippen LogP contribution >= 0.6 is 0 Å². The zero-order valence-corrected chi connectivity index (χ0v) is 11.8. The number of piperidine rings is 1. The molecule has 0 bridgehead atoms. The first-order valence-electron chi connectivity index (χ1n) is 6.78. The number of H-pyrrole nitrogens is 1. The van der Waals surface area contributed by atoms with Crippen LogP contribution in [0.1, 0.15) is 23.3 Å². The monoisotopic (exact) mass is 294 g/mol. The van der Waals surface area contributed by atoms with E-state index in [0.29, 0.717) is 31.6 Å². The molecule has 1 aromatic rings. The summed E-state index contributed by atoms with van der Waals surface area (Å²) < 4.78 is 9.63. The van der Waals surface area contributed by atoms with Crippen molar-refractivity contribution in [3.63, 3.8) is 0 Å². The van der Waals surface area contributed by atoms with Crippen LogP contribution in [0.25, 0.3) is 0 Å². The Balaban J connectivity index is 1.75. The van der Waals surface area contributed by atoms with Gasteiger partial charge in [-0.1, -0.05) is 0 Å². The van der Waals surface area contributed by atoms with Crippen molar-refractivity contribution in [3.8, 4) is 0 Å². The van der Waals surface area contributed by atoms with E-state index >= 15 is 0 Å². The van der Waals surface area contributed by atoms with Crippen molar-refractivity contribution in [1.82, 2.24) is 9.88 Å². The van der Waals surface area contributed by atoms with Crippen molar-refractivity contribution in [1.29, 1.82) is 0 Å². The molecule has 2 heterocycles. The molecule has 114 valence electrons. The van der Waals surface area contributed by atoms with Crippen LogP contribution < -0.4 is 0 Å². The van der Waals surface area contributed by atoms with Gasteiger partial charge in [-0.05, 0) is 25.0 Å². The number of amides is 1. The van der Waals surface area contributed by atoms with Gasteiger partial charge < -0.3 is 19.4 Å². The molecule has 1 N–H and O–H groups in total. The van der Waals surface area contributed by atoms with Gasteiger partial charge in [0.25, 0.3) is 5.91 Å². The highest BCUT2D eigenvalue weighted by Crippen LogP contribution is 2.18. The second-order valence-electron chi connectivity index (χ2n) is 4.84. The number of hydrogen-bond donors (Lipinski definition) is 1. The fourth-order valence-corrected chi connectivity index (χ4v) is 2.28. The number of hydrogen-bond acceptors (Lipinski definition) is 5. The molecular weight excluding hydrogens is 276 g/mol. The summed E-state index contributed by atoms with van der Waals surface area (Å²) in [5.41, 5.74) is 0.312. The minimum absolute atomic E-state index is 0.152. The first kappa shape index (κ1) is 15.1. The molecule has 1 aliphatic rings. The van der Waals surface area contributed by atoms with Gasteiger partial charge in [0.2, 0.25) is 0 Å². The van der Waals surface area contributed by atoms with Gasteiger partial charge in [-0.25, -0.2) is 4.79 Å². The highest BCUT2D eigenvalue weighted by Gasteiger charge is 2.28. The lowest BCUT2D eigenvalue weighted by atomic mass is 9.97. The number of ether oxygens (including phenoxy) is 2. The summed E-state index contributed by atoms with van der Waals surface area (Å²) in [6.45, 7) is 0.651. The summed E-state index contributed by atoms with van der Waals surface area (Å²) in [6, 6.07) is 3.25. The molecule has 0 atom stereocenters. The quantitative estimate of drug-likeness (QED) is 0.821. The third-order valence-corrected chi connectivity index (χ3v) is 3.53. The minimum Gasteiger partial charge on any atom is -0.469 e. The van der Waals surface area contributed by atoms with Gasteiger partial charge in [0.15, 0.2) is 6.61 Å². The van der Waals surface area contributed by atoms with E-state index in [9.17, 15) is 14.4 Å². The molecule has 1 aromatic heterocycles. The van der Waals surface area contributed by atoms with E-state index in [0.717, 1.165) is 0 Å². The largest absolute Gasteiger partial charge is 0.469 e. The normalized spacial score (nSPS) is 15.6. The van der Waals surface area contributed by atoms with E-state index in [2.05, 4.69) is 4.98 Å². The summed E-state index contributed by atoms with van der Waals surface area (Å²) in [6.07, 6.45) is 2.75. The van der Waals surface area contributed by atoms with Crippen LogP contribution in [0.3, 0.4) is 0 Å². The Bertz CT molecular complexity index is 503. The Morgan fingerprint density at radius 3 is 2.62 bits per heavy atom. The number of carbonyl (C=O) groups excluding carboxylic acids is 3. The number of rotatable bonds is 4. The third kappa shape index (κ3) is 3.84. The van der Waals surface area contributed by atoms with E-state index in [1.807, 2.05) is 0 Å². The van der Waals surface area contributed by atoms with Gasteiger partial charge in [0.1, 0.15) is 5.69 Å². The smallest absolute Gasteiger partial charge is 0.355 e. The molecule has 0 radical (unpaired) electrons. The second-order valence-corrected chi connectivity index (χ2v) is 4.84. The second kappa shape index (κ2) is 6.92. The Kier molecular flexibility index (Phi) is 4.97. The molecule has 0 saturated carbocycles. The van der Waals surface area contributed by atoms with Gasteiger partial charge in [0.05, 0.1) is 13.0 Å². The molecule has 2 rings (SSSR count). The van der Waals surface area contributed by atoms with E-state index in [4.69, 9.17) is 9.47 Å². The molecule has 1 saturated heterocycles. The Labute approximate surface area is 122 Å². The first-order chi connectivity index (χ1) is 10.1. The predicted molar refractivity (Wildman–Crippen MR) is 72.4 cm³/mol. The van der Waals surface area contributed by atoms with Crippen LogP contribution in [-0.4, -0.2) is 54.5 Å². The molecule has 1 amide bonds. The summed E-state index contributed by atoms with van der Waals surface area (Å²) >= 11 is 0. The molecule has 1 aliphatic heterocycles. The fraction of sp³-hybridized carbons (Fsp3) is 0.500. The van der Waals surface area contributed by atoms with Crippen molar-refractivity contribution in [3.05, 3.63) is 24.0 Å². The topological polar surface area (TPSA) is 88.7 Å². The molecule has 21 heavy (non-hydrogen) atoms. The highest BCUT2D eigenvalue weighted by molar-refractivity contribution is 5.89. The number of methoxy groups -OCH3 is 1. The van der Waals surface area contributed by atoms with E-state index in [1.54, 1.807) is 23.2 Å². The van der Waals surface area contributed by atoms with Gasteiger partial charge in [-0.3, -0.25) is 9.59 Å². The van der Waals surface area contributed by atoms with Gasteiger partial charge in [-0.2, -0.15) is 0 Å². The lowest BCUT2D eigenvalue weighted by Crippen LogP contribution is -2.42. The summed E-state index contributed by atoms with van der Waals surface area (Å²) in [4.78, 5) is 39.2. The molecule has 7 nitrogen and oxygen atoms in total. The number of aromatic amines is 1. The van der Waals surface area contributed by atoms with Crippen LogP contribution in [0, 0.1) is 5.92 Å². The Morgan fingerprint density at radius 2 is 2.05 bits per heavy atom. The number of likely N-dealkylation sites (tertiary alicyclic amines) is 1. The average molecular weight is 294 g/mol. The fourth-order valence-electron chi connectivity index (χ4n) is 2.28. The maximum atomic E-state index is 11.9. The third-order valence-electron chi connectivity index (χ3n) is 3.53. The van der Waals surface area contributed by atoms with Crippen LogP contribution in [0.2, 0.25) is 0 Å². The highest BCUT2D eigenvalue weighted by atomic mass is 16.5. The van der Waals surface area contributed by atoms with Crippen molar-refractivity contribution in [2.24, 2.45) is 5.92 Å². The molecular formula is C14H18N2O5. The van der Waals surface area contributed by atoms with E-state index in [-0.39, 0.29) is 24.4 Å². The lowest BCUT2D eigenvalue weighted by molar-refractivity contribution is -0.149. The molecule has 0 spiro atoms. The Morgan fingerprint density at radius 1 is 1.33 bits per heavy atom. The van der Waals surface area contributed by atoms with Crippen molar-refractivity contribution in [2.75, 3.05) is 26.8 Å². The van der Waals surface area contributed by atoms with E-state index in [1.165, 1.54) is 7.11 Å². The SMILES string of the molecule is COC(=O)C1CCN(C(=O)COC(=O)c2ccc[nH]2)CC1. The van der Waals surface area contributed by atoms with Crippen molar-refractivity contribution >= 4 is 17.8 Å². The number of aromatic nitrogens is 1. The average Bonchev–Trinajstić information content (AvgIpc) is 3.06. The first-order valence-corrected chi connectivity index (χ1v) is 6.78. The Hall–Kier alpha value is -2.31. The van der Waals surface area contributed by atoms with Crippen LogP contribution in [0.15, 0.2) is 18.3 Å². The van der Waals surface area contributed by atoms with Crippen LogP contribution in [0.5, 0.6) is 0 Å². The van der Waals surface area contributed by atoms with Crippen molar-refractivity contribution in [2.45, 2.75) is 12.8 Å². The maximum absolute atomic E-state index is 11.9. The van der Waals surface area contributed by atoms with Crippen molar-refractivity contribution < 1.29 is 23.9 Å². The molecule has 1 fully saturated rings. The minimum atomic E-state index is -0.558. The van der Waals surface area contributed by atoms with Crippen LogP contribution in [0.4, 0.5) is 0 Å². The maximum Gasteiger partial charge on any atom is 0.355 e. The van der Waals surface area contributed by atoms with Gasteiger partial charge in [-0.15, -0.1) is 0 Å². The number of esters is 2. The van der Waals surface area contributed by atoms with Crippen LogP contribution in [-0.2, 0) is 19.1 Å². The molecule has 0 unspecified atom stereocenters. The lowest BCUT2D eigenvalue weighted by Gasteiger charge is -2.30.